The number of hydrogen-bond acceptors (Lipinski definition) is 4. The Kier molecular flexibility index (Phi) is 2.56. The number of aliphatic hydroxyl groups is 3. The summed E-state index contributed by atoms with van der Waals surface area (Å²) >= 11 is 6.15. The van der Waals surface area contributed by atoms with Crippen LogP contribution in [-0.4, -0.2) is 45.1 Å². The number of fused-ring (bicyclic) bond motifs is 3. The van der Waals surface area contributed by atoms with Gasteiger partial charge in [-0.2, -0.15) is 0 Å². The van der Waals surface area contributed by atoms with Gasteiger partial charge in [0.15, 0.2) is 0 Å². The second kappa shape index (κ2) is 3.85. The normalized spacial score (nSPS) is 43.8. The molecule has 3 rings (SSSR count). The van der Waals surface area contributed by atoms with Crippen molar-refractivity contribution in [3.05, 3.63) is 29.8 Å². The van der Waals surface area contributed by atoms with Crippen LogP contribution in [0, 0.1) is 0 Å². The summed E-state index contributed by atoms with van der Waals surface area (Å²) in [5.41, 5.74) is 0.877. The van der Waals surface area contributed by atoms with E-state index < -0.39 is 29.8 Å². The number of aliphatic hydroxyl groups excluding tert-OH is 3. The lowest BCUT2D eigenvalue weighted by atomic mass is 9.78. The Morgan fingerprint density at radius 3 is 2.47 bits per heavy atom. The fourth-order valence-electron chi connectivity index (χ4n) is 2.69. The number of alkyl halides is 1. The molecule has 0 radical (unpaired) electrons. The lowest BCUT2D eigenvalue weighted by Gasteiger charge is -2.39. The van der Waals surface area contributed by atoms with Gasteiger partial charge in [0.05, 0.1) is 11.5 Å². The number of rotatable bonds is 0. The van der Waals surface area contributed by atoms with E-state index in [1.54, 1.807) is 6.07 Å². The molecule has 5 heteroatoms. The van der Waals surface area contributed by atoms with Gasteiger partial charge in [0.1, 0.15) is 24.1 Å². The zero-order valence-electron chi connectivity index (χ0n) is 8.90. The molecule has 1 aliphatic heterocycles. The van der Waals surface area contributed by atoms with Crippen LogP contribution in [0.15, 0.2) is 24.3 Å². The topological polar surface area (TPSA) is 69.9 Å². The minimum atomic E-state index is -1.27. The zero-order chi connectivity index (χ0) is 12.2. The Balaban J connectivity index is 2.04. The van der Waals surface area contributed by atoms with Crippen molar-refractivity contribution in [1.82, 2.24) is 0 Å². The molecule has 0 saturated heterocycles. The van der Waals surface area contributed by atoms with Crippen molar-refractivity contribution < 1.29 is 20.1 Å². The Morgan fingerprint density at radius 2 is 1.71 bits per heavy atom. The molecule has 92 valence electrons. The van der Waals surface area contributed by atoms with Crippen molar-refractivity contribution in [3.63, 3.8) is 0 Å². The third kappa shape index (κ3) is 1.48. The molecule has 3 N–H and O–H groups in total. The quantitative estimate of drug-likeness (QED) is 0.582. The van der Waals surface area contributed by atoms with Crippen molar-refractivity contribution in [1.29, 1.82) is 0 Å². The molecule has 6 atom stereocenters. The van der Waals surface area contributed by atoms with E-state index >= 15 is 0 Å². The van der Waals surface area contributed by atoms with Gasteiger partial charge in [-0.15, -0.1) is 11.6 Å². The van der Waals surface area contributed by atoms with Crippen molar-refractivity contribution >= 4 is 11.6 Å². The number of hydrogen-bond donors (Lipinski definition) is 3. The first-order chi connectivity index (χ1) is 8.11. The van der Waals surface area contributed by atoms with Crippen molar-refractivity contribution in [3.8, 4) is 5.75 Å². The number of benzene rings is 1. The molecular formula is C12H13ClO4. The lowest BCUT2D eigenvalue weighted by Crippen LogP contribution is -2.58. The second-order valence-electron chi connectivity index (χ2n) is 4.56. The predicted molar refractivity (Wildman–Crippen MR) is 61.3 cm³/mol. The van der Waals surface area contributed by atoms with E-state index in [4.69, 9.17) is 16.3 Å². The minimum absolute atomic E-state index is 0.290. The van der Waals surface area contributed by atoms with Crippen LogP contribution < -0.4 is 4.74 Å². The zero-order valence-corrected chi connectivity index (χ0v) is 9.66. The van der Waals surface area contributed by atoms with Crippen molar-refractivity contribution in [2.45, 2.75) is 35.7 Å². The number of para-hydroxylation sites is 1. The van der Waals surface area contributed by atoms with E-state index in [0.717, 1.165) is 5.56 Å². The molecular weight excluding hydrogens is 244 g/mol. The number of ether oxygens (including phenoxy) is 1. The summed E-state index contributed by atoms with van der Waals surface area (Å²) in [4.78, 5) is 0. The van der Waals surface area contributed by atoms with E-state index in [0.29, 0.717) is 5.75 Å². The summed E-state index contributed by atoms with van der Waals surface area (Å²) in [6.45, 7) is 0. The summed E-state index contributed by atoms with van der Waals surface area (Å²) in [5, 5.41) is 28.7. The van der Waals surface area contributed by atoms with Gasteiger partial charge in [0, 0.05) is 11.5 Å². The van der Waals surface area contributed by atoms with Crippen LogP contribution in [0.5, 0.6) is 5.75 Å². The van der Waals surface area contributed by atoms with Crippen LogP contribution in [0.4, 0.5) is 0 Å². The predicted octanol–water partition coefficient (Wildman–Crippen LogP) is 0.235. The molecule has 4 nitrogen and oxygen atoms in total. The molecule has 0 bridgehead atoms. The highest BCUT2D eigenvalue weighted by atomic mass is 35.5. The minimum Gasteiger partial charge on any atom is -0.487 e. The molecule has 0 unspecified atom stereocenters. The third-order valence-electron chi connectivity index (χ3n) is 3.60. The highest BCUT2D eigenvalue weighted by Gasteiger charge is 2.53. The average molecular weight is 257 g/mol. The van der Waals surface area contributed by atoms with Gasteiger partial charge >= 0.3 is 0 Å². The molecule has 0 spiro atoms. The molecule has 1 saturated carbocycles. The monoisotopic (exact) mass is 256 g/mol. The molecule has 1 aromatic carbocycles. The van der Waals surface area contributed by atoms with E-state index in [1.807, 2.05) is 18.2 Å². The van der Waals surface area contributed by atoms with Gasteiger partial charge in [-0.3, -0.25) is 0 Å². The van der Waals surface area contributed by atoms with Crippen LogP contribution in [-0.2, 0) is 0 Å². The second-order valence-corrected chi connectivity index (χ2v) is 5.07. The Hall–Kier alpha value is -0.810. The van der Waals surface area contributed by atoms with Gasteiger partial charge < -0.3 is 20.1 Å². The fourth-order valence-corrected chi connectivity index (χ4v) is 3.12. The van der Waals surface area contributed by atoms with Gasteiger partial charge in [0.25, 0.3) is 0 Å². The van der Waals surface area contributed by atoms with Crippen molar-refractivity contribution in [2.75, 3.05) is 0 Å². The Morgan fingerprint density at radius 1 is 1.00 bits per heavy atom. The van der Waals surface area contributed by atoms with Crippen LogP contribution >= 0.6 is 11.6 Å². The summed E-state index contributed by atoms with van der Waals surface area (Å²) in [7, 11) is 0. The molecule has 1 heterocycles. The maximum atomic E-state index is 9.91. The fraction of sp³-hybridized carbons (Fsp3) is 0.500. The molecule has 1 aliphatic carbocycles. The maximum absolute atomic E-state index is 9.91. The van der Waals surface area contributed by atoms with E-state index in [1.165, 1.54) is 0 Å². The van der Waals surface area contributed by atoms with Crippen LogP contribution in [0.1, 0.15) is 11.5 Å². The standard InChI is InChI=1S/C12H13ClO4/c13-8-7-5-3-1-2-4-6(5)17-12(7)11(16)10(15)9(8)14/h1-4,7-12,14-16H/t7-,8-,9+,10+,11-,12-/m0/s1. The molecule has 1 aromatic rings. The van der Waals surface area contributed by atoms with Crippen LogP contribution in [0.25, 0.3) is 0 Å². The van der Waals surface area contributed by atoms with E-state index in [2.05, 4.69) is 0 Å². The highest BCUT2D eigenvalue weighted by molar-refractivity contribution is 6.21. The Bertz CT molecular complexity index is 438. The molecule has 0 amide bonds. The largest absolute Gasteiger partial charge is 0.487 e. The van der Waals surface area contributed by atoms with Gasteiger partial charge in [-0.05, 0) is 6.07 Å². The first-order valence-corrected chi connectivity index (χ1v) is 5.99. The maximum Gasteiger partial charge on any atom is 0.136 e. The van der Waals surface area contributed by atoms with Crippen LogP contribution in [0.3, 0.4) is 0 Å². The summed E-state index contributed by atoms with van der Waals surface area (Å²) in [6.07, 6.45) is -4.14. The third-order valence-corrected chi connectivity index (χ3v) is 4.13. The van der Waals surface area contributed by atoms with E-state index in [9.17, 15) is 15.3 Å². The van der Waals surface area contributed by atoms with E-state index in [-0.39, 0.29) is 5.92 Å². The summed E-state index contributed by atoms with van der Waals surface area (Å²) in [6, 6.07) is 7.35. The smallest absolute Gasteiger partial charge is 0.136 e. The lowest BCUT2D eigenvalue weighted by molar-refractivity contribution is -0.126. The van der Waals surface area contributed by atoms with Crippen LogP contribution in [0.2, 0.25) is 0 Å². The van der Waals surface area contributed by atoms with Crippen molar-refractivity contribution in [2.24, 2.45) is 0 Å². The Labute approximate surface area is 103 Å². The highest BCUT2D eigenvalue weighted by Crippen LogP contribution is 2.47. The van der Waals surface area contributed by atoms with Gasteiger partial charge in [-0.25, -0.2) is 0 Å². The summed E-state index contributed by atoms with van der Waals surface area (Å²) < 4.78 is 5.61. The first-order valence-electron chi connectivity index (χ1n) is 5.55. The van der Waals surface area contributed by atoms with Gasteiger partial charge in [0.2, 0.25) is 0 Å². The molecule has 0 aromatic heterocycles. The SMILES string of the molecule is O[C@@H]1[C@H](O)[C@@H](Cl)[C@@H]2c3ccccc3O[C@@H]2[C@H]1O. The average Bonchev–Trinajstić information content (AvgIpc) is 2.73. The molecule has 17 heavy (non-hydrogen) atoms. The molecule has 2 aliphatic rings. The first kappa shape index (κ1) is 11.3. The number of halogens is 1. The van der Waals surface area contributed by atoms with Gasteiger partial charge in [-0.1, -0.05) is 18.2 Å². The summed E-state index contributed by atoms with van der Waals surface area (Å²) in [5.74, 6) is 0.370. The molecule has 1 fully saturated rings.